The van der Waals surface area contributed by atoms with Gasteiger partial charge in [-0.25, -0.2) is 15.0 Å². The smallest absolute Gasteiger partial charge is 0.164 e. The molecule has 4 nitrogen and oxygen atoms in total. The standard InChI is InChI=1S/C66H40N4/c67-41-54-20-11-23-55(46-33-30-44(31-34-46)43-26-28-45(29-27-43)52-36-37-56-57-24-9-16-47-17-10-25-59(62(47)57)61(56)40-52)63(54)58-21-6-7-22-60(58)66-69-64(48-13-2-1-3-14-48)68-65(70-66)53-19-8-18-50(39-53)51-35-32-42-12-4-5-15-49(42)38-51/h1-40H. The number of rotatable bonds is 8. The maximum Gasteiger partial charge on any atom is 0.164 e. The van der Waals surface area contributed by atoms with Gasteiger partial charge < -0.3 is 0 Å². The summed E-state index contributed by atoms with van der Waals surface area (Å²) in [6.07, 6.45) is 0. The second-order valence-corrected chi connectivity index (χ2v) is 17.8. The van der Waals surface area contributed by atoms with E-state index >= 15 is 0 Å². The van der Waals surface area contributed by atoms with E-state index in [0.29, 0.717) is 23.0 Å². The van der Waals surface area contributed by atoms with Crippen LogP contribution in [0.1, 0.15) is 5.56 Å². The number of benzene rings is 11. The molecule has 0 amide bonds. The third-order valence-corrected chi connectivity index (χ3v) is 13.7. The monoisotopic (exact) mass is 888 g/mol. The zero-order valence-corrected chi connectivity index (χ0v) is 37.9. The molecule has 0 fully saturated rings. The van der Waals surface area contributed by atoms with Crippen LogP contribution in [0.5, 0.6) is 0 Å². The average Bonchev–Trinajstić information content (AvgIpc) is 3.76. The molecule has 0 atom stereocenters. The fourth-order valence-electron chi connectivity index (χ4n) is 10.3. The fourth-order valence-corrected chi connectivity index (χ4v) is 10.3. The first-order valence-electron chi connectivity index (χ1n) is 23.6. The summed E-state index contributed by atoms with van der Waals surface area (Å²) in [5.41, 5.74) is 18.8. The van der Waals surface area contributed by atoms with Crippen molar-refractivity contribution in [2.24, 2.45) is 0 Å². The molecule has 0 aliphatic heterocycles. The van der Waals surface area contributed by atoms with Crippen LogP contribution in [0.25, 0.3) is 134 Å². The first kappa shape index (κ1) is 40.7. The van der Waals surface area contributed by atoms with E-state index in [9.17, 15) is 5.26 Å². The summed E-state index contributed by atoms with van der Waals surface area (Å²) < 4.78 is 0. The largest absolute Gasteiger partial charge is 0.208 e. The highest BCUT2D eigenvalue weighted by molar-refractivity contribution is 6.15. The minimum Gasteiger partial charge on any atom is -0.208 e. The van der Waals surface area contributed by atoms with Gasteiger partial charge in [-0.3, -0.25) is 0 Å². The lowest BCUT2D eigenvalue weighted by Gasteiger charge is -2.17. The molecule has 1 aromatic heterocycles. The Morgan fingerprint density at radius 2 is 0.743 bits per heavy atom. The summed E-state index contributed by atoms with van der Waals surface area (Å²) in [5.74, 6) is 1.66. The van der Waals surface area contributed by atoms with Gasteiger partial charge in [0, 0.05) is 22.3 Å². The third kappa shape index (κ3) is 7.13. The summed E-state index contributed by atoms with van der Waals surface area (Å²) in [4.78, 5) is 15.5. The number of nitriles is 1. The zero-order chi connectivity index (χ0) is 46.5. The van der Waals surface area contributed by atoms with E-state index in [-0.39, 0.29) is 0 Å². The predicted octanol–water partition coefficient (Wildman–Crippen LogP) is 17.0. The molecule has 12 aromatic rings. The Morgan fingerprint density at radius 3 is 1.50 bits per heavy atom. The summed E-state index contributed by atoms with van der Waals surface area (Å²) in [5, 5.41) is 15.7. The number of fused-ring (bicyclic) bond motifs is 4. The third-order valence-electron chi connectivity index (χ3n) is 13.7. The molecule has 11 aromatic carbocycles. The van der Waals surface area contributed by atoms with Gasteiger partial charge in [-0.05, 0) is 118 Å². The molecule has 0 radical (unpaired) electrons. The van der Waals surface area contributed by atoms with Gasteiger partial charge in [-0.15, -0.1) is 0 Å². The molecule has 4 heteroatoms. The lowest BCUT2D eigenvalue weighted by atomic mass is 9.87. The van der Waals surface area contributed by atoms with Crippen molar-refractivity contribution in [2.75, 3.05) is 0 Å². The van der Waals surface area contributed by atoms with Gasteiger partial charge in [-0.1, -0.05) is 218 Å². The maximum absolute atomic E-state index is 10.7. The molecule has 0 saturated carbocycles. The lowest BCUT2D eigenvalue weighted by molar-refractivity contribution is 1.07. The molecule has 0 N–H and O–H groups in total. The topological polar surface area (TPSA) is 62.5 Å². The maximum atomic E-state index is 10.7. The zero-order valence-electron chi connectivity index (χ0n) is 37.9. The molecule has 0 saturated heterocycles. The molecule has 0 unspecified atom stereocenters. The summed E-state index contributed by atoms with van der Waals surface area (Å²) >= 11 is 0. The van der Waals surface area contributed by atoms with Crippen LogP contribution in [-0.4, -0.2) is 15.0 Å². The highest BCUT2D eigenvalue weighted by Gasteiger charge is 2.23. The normalized spacial score (nSPS) is 11.4. The van der Waals surface area contributed by atoms with Gasteiger partial charge >= 0.3 is 0 Å². The van der Waals surface area contributed by atoms with Crippen LogP contribution in [0.4, 0.5) is 0 Å². The van der Waals surface area contributed by atoms with Crippen LogP contribution in [0, 0.1) is 11.3 Å². The van der Waals surface area contributed by atoms with Crippen molar-refractivity contribution in [3.8, 4) is 118 Å². The molecular weight excluding hydrogens is 849 g/mol. The quantitative estimate of drug-likeness (QED) is 0.152. The molecule has 1 aliphatic carbocycles. The van der Waals surface area contributed by atoms with Crippen LogP contribution < -0.4 is 0 Å². The van der Waals surface area contributed by atoms with Crippen LogP contribution in [0.3, 0.4) is 0 Å². The Balaban J connectivity index is 0.849. The molecule has 0 bridgehead atoms. The molecule has 13 rings (SSSR count). The summed E-state index contributed by atoms with van der Waals surface area (Å²) in [7, 11) is 0. The van der Waals surface area contributed by atoms with E-state index < -0.39 is 0 Å². The van der Waals surface area contributed by atoms with Crippen LogP contribution >= 0.6 is 0 Å². The molecule has 70 heavy (non-hydrogen) atoms. The van der Waals surface area contributed by atoms with Gasteiger partial charge in [-0.2, -0.15) is 5.26 Å². The first-order chi connectivity index (χ1) is 34.6. The van der Waals surface area contributed by atoms with Gasteiger partial charge in [0.25, 0.3) is 0 Å². The van der Waals surface area contributed by atoms with Gasteiger partial charge in [0.1, 0.15) is 0 Å². The van der Waals surface area contributed by atoms with Crippen LogP contribution in [-0.2, 0) is 0 Å². The van der Waals surface area contributed by atoms with Gasteiger partial charge in [0.05, 0.1) is 11.6 Å². The highest BCUT2D eigenvalue weighted by atomic mass is 15.0. The minimum absolute atomic E-state index is 0.524. The molecule has 0 spiro atoms. The van der Waals surface area contributed by atoms with E-state index in [1.165, 1.54) is 54.9 Å². The molecule has 324 valence electrons. The van der Waals surface area contributed by atoms with E-state index in [4.69, 9.17) is 15.0 Å². The van der Waals surface area contributed by atoms with E-state index in [2.05, 4.69) is 188 Å². The Hall–Kier alpha value is -9.56. The number of nitrogens with zero attached hydrogens (tertiary/aromatic N) is 4. The Bertz CT molecular complexity index is 4050. The van der Waals surface area contributed by atoms with Gasteiger partial charge in [0.2, 0.25) is 0 Å². The molecular formula is C66H40N4. The van der Waals surface area contributed by atoms with Crippen LogP contribution in [0.15, 0.2) is 243 Å². The van der Waals surface area contributed by atoms with Gasteiger partial charge in [0.15, 0.2) is 17.5 Å². The van der Waals surface area contributed by atoms with Crippen molar-refractivity contribution in [3.63, 3.8) is 0 Å². The average molecular weight is 889 g/mol. The van der Waals surface area contributed by atoms with E-state index in [1.807, 2.05) is 60.7 Å². The minimum atomic E-state index is 0.524. The summed E-state index contributed by atoms with van der Waals surface area (Å²) in [6, 6.07) is 87.5. The highest BCUT2D eigenvalue weighted by Crippen LogP contribution is 2.48. The lowest BCUT2D eigenvalue weighted by Crippen LogP contribution is -2.02. The first-order valence-corrected chi connectivity index (χ1v) is 23.6. The molecule has 1 aliphatic rings. The summed E-state index contributed by atoms with van der Waals surface area (Å²) in [6.45, 7) is 0. The van der Waals surface area contributed by atoms with Crippen molar-refractivity contribution in [3.05, 3.63) is 248 Å². The van der Waals surface area contributed by atoms with Crippen LogP contribution in [0.2, 0.25) is 0 Å². The SMILES string of the molecule is N#Cc1cccc(-c2ccc(-c3ccc(-c4ccc5c(c4)-c4cccc6cccc-5c46)cc3)cc2)c1-c1ccccc1-c1nc(-c2ccccc2)nc(-c2cccc(-c3ccc4ccccc4c3)c2)n1. The van der Waals surface area contributed by atoms with E-state index in [0.717, 1.165) is 61.2 Å². The fraction of sp³-hybridized carbons (Fsp3) is 0. The van der Waals surface area contributed by atoms with Crippen molar-refractivity contribution < 1.29 is 0 Å². The second-order valence-electron chi connectivity index (χ2n) is 17.8. The van der Waals surface area contributed by atoms with E-state index in [1.54, 1.807) is 0 Å². The number of aromatic nitrogens is 3. The van der Waals surface area contributed by atoms with Crippen molar-refractivity contribution in [1.82, 2.24) is 15.0 Å². The number of hydrogen-bond acceptors (Lipinski definition) is 4. The Kier molecular flexibility index (Phi) is 9.85. The Morgan fingerprint density at radius 1 is 0.257 bits per heavy atom. The second kappa shape index (κ2) is 16.9. The van der Waals surface area contributed by atoms with Crippen molar-refractivity contribution in [2.45, 2.75) is 0 Å². The predicted molar refractivity (Wildman–Crippen MR) is 287 cm³/mol. The number of hydrogen-bond donors (Lipinski definition) is 0. The van der Waals surface area contributed by atoms with Crippen molar-refractivity contribution in [1.29, 1.82) is 5.26 Å². The molecule has 1 heterocycles. The van der Waals surface area contributed by atoms with Crippen molar-refractivity contribution >= 4 is 21.5 Å². The Labute approximate surface area is 406 Å².